The minimum atomic E-state index is 0.442. The Morgan fingerprint density at radius 3 is 2.69 bits per heavy atom. The maximum absolute atomic E-state index is 3.69. The van der Waals surface area contributed by atoms with Crippen LogP contribution in [0.1, 0.15) is 37.4 Å². The molecule has 0 saturated heterocycles. The third kappa shape index (κ3) is 4.18. The molecule has 1 N–H and O–H groups in total. The normalized spacial score (nSPS) is 14.8. The minimum absolute atomic E-state index is 0.442. The van der Waals surface area contributed by atoms with Gasteiger partial charge in [0.1, 0.15) is 0 Å². The van der Waals surface area contributed by atoms with Gasteiger partial charge < -0.3 is 5.32 Å². The molecule has 0 spiro atoms. The van der Waals surface area contributed by atoms with Crippen molar-refractivity contribution in [3.63, 3.8) is 0 Å². The fraction of sp³-hybridized carbons (Fsp3) is 0.571. The Morgan fingerprint density at radius 1 is 1.38 bits per heavy atom. The van der Waals surface area contributed by atoms with Crippen molar-refractivity contribution < 1.29 is 0 Å². The summed E-state index contributed by atoms with van der Waals surface area (Å²) in [5.74, 6) is 1.19. The van der Waals surface area contributed by atoms with Gasteiger partial charge in [0.2, 0.25) is 0 Å². The van der Waals surface area contributed by atoms with Gasteiger partial charge in [0.15, 0.2) is 0 Å². The van der Waals surface area contributed by atoms with Crippen molar-refractivity contribution >= 4 is 11.8 Å². The third-order valence-electron chi connectivity index (χ3n) is 2.89. The van der Waals surface area contributed by atoms with Crippen LogP contribution < -0.4 is 5.32 Å². The van der Waals surface area contributed by atoms with Crippen molar-refractivity contribution in [2.24, 2.45) is 0 Å². The summed E-state index contributed by atoms with van der Waals surface area (Å²) >= 11 is 1.91. The lowest BCUT2D eigenvalue weighted by atomic mass is 10.0. The molecule has 0 aliphatic rings. The van der Waals surface area contributed by atoms with E-state index in [1.54, 1.807) is 0 Å². The van der Waals surface area contributed by atoms with Crippen molar-refractivity contribution in [2.75, 3.05) is 12.0 Å². The smallest absolute Gasteiger partial charge is 0.0294 e. The van der Waals surface area contributed by atoms with Crippen molar-refractivity contribution in [2.45, 2.75) is 39.3 Å². The number of aryl methyl sites for hydroxylation is 1. The van der Waals surface area contributed by atoms with E-state index < -0.39 is 0 Å². The second kappa shape index (κ2) is 6.97. The summed E-state index contributed by atoms with van der Waals surface area (Å²) in [6.45, 7) is 6.64. The van der Waals surface area contributed by atoms with E-state index in [4.69, 9.17) is 0 Å². The molecule has 0 aromatic heterocycles. The quantitative estimate of drug-likeness (QED) is 0.808. The highest BCUT2D eigenvalue weighted by Gasteiger charge is 2.11. The first kappa shape index (κ1) is 13.6. The van der Waals surface area contributed by atoms with Crippen LogP contribution in [0.15, 0.2) is 24.3 Å². The van der Waals surface area contributed by atoms with Crippen LogP contribution >= 0.6 is 11.8 Å². The molecule has 0 heterocycles. The van der Waals surface area contributed by atoms with Gasteiger partial charge in [-0.1, -0.05) is 36.8 Å². The van der Waals surface area contributed by atoms with Crippen LogP contribution in [0.2, 0.25) is 0 Å². The van der Waals surface area contributed by atoms with E-state index in [0.717, 1.165) is 0 Å². The summed E-state index contributed by atoms with van der Waals surface area (Å²) in [5, 5.41) is 3.69. The van der Waals surface area contributed by atoms with E-state index in [1.165, 1.54) is 23.3 Å². The van der Waals surface area contributed by atoms with Crippen molar-refractivity contribution in [3.8, 4) is 0 Å². The molecule has 0 aliphatic carbocycles. The number of benzene rings is 1. The molecule has 0 fully saturated rings. The van der Waals surface area contributed by atoms with Gasteiger partial charge in [-0.25, -0.2) is 0 Å². The predicted octanol–water partition coefficient (Wildman–Crippen LogP) is 3.79. The summed E-state index contributed by atoms with van der Waals surface area (Å²) in [6.07, 6.45) is 3.36. The van der Waals surface area contributed by atoms with Crippen molar-refractivity contribution in [1.82, 2.24) is 5.32 Å². The number of rotatable bonds is 6. The highest BCUT2D eigenvalue weighted by atomic mass is 32.2. The molecule has 2 heteroatoms. The topological polar surface area (TPSA) is 12.0 Å². The number of nitrogens with one attached hydrogen (secondary N) is 1. The van der Waals surface area contributed by atoms with Crippen LogP contribution in [-0.4, -0.2) is 18.1 Å². The van der Waals surface area contributed by atoms with Gasteiger partial charge in [0.05, 0.1) is 0 Å². The predicted molar refractivity (Wildman–Crippen MR) is 75.2 cm³/mol. The molecule has 1 aromatic carbocycles. The minimum Gasteiger partial charge on any atom is -0.307 e. The molecule has 16 heavy (non-hydrogen) atoms. The molecule has 0 bridgehead atoms. The Kier molecular flexibility index (Phi) is 5.93. The van der Waals surface area contributed by atoms with Gasteiger partial charge in [-0.3, -0.25) is 0 Å². The first-order valence-electron chi connectivity index (χ1n) is 5.99. The lowest BCUT2D eigenvalue weighted by molar-refractivity contribution is 0.475. The largest absolute Gasteiger partial charge is 0.307 e. The van der Waals surface area contributed by atoms with Gasteiger partial charge in [0, 0.05) is 17.8 Å². The molecule has 1 nitrogen and oxygen atoms in total. The zero-order valence-corrected chi connectivity index (χ0v) is 11.6. The van der Waals surface area contributed by atoms with E-state index in [2.05, 4.69) is 56.6 Å². The third-order valence-corrected chi connectivity index (χ3v) is 3.62. The highest BCUT2D eigenvalue weighted by Crippen LogP contribution is 2.15. The summed E-state index contributed by atoms with van der Waals surface area (Å²) in [6, 6.07) is 9.82. The van der Waals surface area contributed by atoms with Crippen LogP contribution in [0.5, 0.6) is 0 Å². The van der Waals surface area contributed by atoms with Crippen LogP contribution in [0, 0.1) is 6.92 Å². The monoisotopic (exact) mass is 237 g/mol. The molecule has 2 atom stereocenters. The molecular weight excluding hydrogens is 214 g/mol. The fourth-order valence-corrected chi connectivity index (χ4v) is 2.61. The van der Waals surface area contributed by atoms with E-state index in [1.807, 2.05) is 11.8 Å². The molecule has 0 radical (unpaired) electrons. The molecule has 0 saturated carbocycles. The lowest BCUT2D eigenvalue weighted by Crippen LogP contribution is -2.32. The molecule has 0 aliphatic heterocycles. The molecule has 90 valence electrons. The summed E-state index contributed by atoms with van der Waals surface area (Å²) < 4.78 is 0. The Balaban J connectivity index is 2.60. The Bertz CT molecular complexity index is 311. The molecule has 0 amide bonds. The standard InChI is InChI=1S/C14H23NS/c1-5-14(10-16-4)15-12(3)13-8-6-7-11(2)9-13/h6-9,12,14-15H,5,10H2,1-4H3. The zero-order valence-electron chi connectivity index (χ0n) is 10.8. The maximum Gasteiger partial charge on any atom is 0.0294 e. The Hall–Kier alpha value is -0.470. The first-order chi connectivity index (χ1) is 7.67. The van der Waals surface area contributed by atoms with Gasteiger partial charge >= 0.3 is 0 Å². The SMILES string of the molecule is CCC(CSC)NC(C)c1cccc(C)c1. The molecule has 1 aromatic rings. The maximum atomic E-state index is 3.69. The van der Waals surface area contributed by atoms with E-state index >= 15 is 0 Å². The number of hydrogen-bond donors (Lipinski definition) is 1. The van der Waals surface area contributed by atoms with Crippen LogP contribution in [0.4, 0.5) is 0 Å². The molecular formula is C14H23NS. The van der Waals surface area contributed by atoms with E-state index in [9.17, 15) is 0 Å². The Labute approximate surface area is 104 Å². The number of hydrogen-bond acceptors (Lipinski definition) is 2. The van der Waals surface area contributed by atoms with Crippen LogP contribution in [0.25, 0.3) is 0 Å². The second-order valence-electron chi connectivity index (χ2n) is 4.36. The summed E-state index contributed by atoms with van der Waals surface area (Å²) in [4.78, 5) is 0. The van der Waals surface area contributed by atoms with Crippen LogP contribution in [-0.2, 0) is 0 Å². The van der Waals surface area contributed by atoms with Crippen molar-refractivity contribution in [3.05, 3.63) is 35.4 Å². The highest BCUT2D eigenvalue weighted by molar-refractivity contribution is 7.98. The zero-order chi connectivity index (χ0) is 12.0. The van der Waals surface area contributed by atoms with Gasteiger partial charge in [-0.2, -0.15) is 11.8 Å². The Morgan fingerprint density at radius 2 is 2.12 bits per heavy atom. The lowest BCUT2D eigenvalue weighted by Gasteiger charge is -2.22. The van der Waals surface area contributed by atoms with E-state index in [-0.39, 0.29) is 0 Å². The molecule has 1 rings (SSSR count). The molecule has 2 unspecified atom stereocenters. The fourth-order valence-electron chi connectivity index (χ4n) is 1.87. The van der Waals surface area contributed by atoms with Gasteiger partial charge in [-0.05, 0) is 32.1 Å². The van der Waals surface area contributed by atoms with Gasteiger partial charge in [-0.15, -0.1) is 0 Å². The summed E-state index contributed by atoms with van der Waals surface area (Å²) in [7, 11) is 0. The van der Waals surface area contributed by atoms with E-state index in [0.29, 0.717) is 12.1 Å². The average Bonchev–Trinajstić information content (AvgIpc) is 2.28. The van der Waals surface area contributed by atoms with Crippen LogP contribution in [0.3, 0.4) is 0 Å². The first-order valence-corrected chi connectivity index (χ1v) is 7.38. The second-order valence-corrected chi connectivity index (χ2v) is 5.27. The number of thioether (sulfide) groups is 1. The summed E-state index contributed by atoms with van der Waals surface area (Å²) in [5.41, 5.74) is 2.73. The van der Waals surface area contributed by atoms with Crippen molar-refractivity contribution in [1.29, 1.82) is 0 Å². The van der Waals surface area contributed by atoms with Gasteiger partial charge in [0.25, 0.3) is 0 Å². The average molecular weight is 237 g/mol.